The lowest BCUT2D eigenvalue weighted by Gasteiger charge is -2.38. The standard InChI is InChI=1S/C19H31N5O/c1-13(2)22-6-8-23(9-7-22)16-11-15-17(10-14(16)3)24(18(20)21-15)12-19(4,5)25/h10-11,13,25H,6-9,12H2,1-5H3,(H2,20,21). The van der Waals surface area contributed by atoms with E-state index in [0.29, 0.717) is 18.5 Å². The molecule has 3 rings (SSSR count). The lowest BCUT2D eigenvalue weighted by atomic mass is 10.1. The minimum absolute atomic E-state index is 0.432. The van der Waals surface area contributed by atoms with Gasteiger partial charge < -0.3 is 20.3 Å². The second-order valence-corrected chi connectivity index (χ2v) is 8.11. The molecule has 138 valence electrons. The Balaban J connectivity index is 1.90. The molecule has 6 nitrogen and oxygen atoms in total. The van der Waals surface area contributed by atoms with Crippen LogP contribution in [0, 0.1) is 6.92 Å². The fraction of sp³-hybridized carbons (Fsp3) is 0.632. The highest BCUT2D eigenvalue weighted by atomic mass is 16.3. The molecular weight excluding hydrogens is 314 g/mol. The van der Waals surface area contributed by atoms with Crippen molar-refractivity contribution in [2.75, 3.05) is 36.8 Å². The number of fused-ring (bicyclic) bond motifs is 1. The summed E-state index contributed by atoms with van der Waals surface area (Å²) in [5.74, 6) is 0.457. The topological polar surface area (TPSA) is 70.5 Å². The van der Waals surface area contributed by atoms with Gasteiger partial charge in [-0.15, -0.1) is 0 Å². The Morgan fingerprint density at radius 2 is 1.84 bits per heavy atom. The number of benzene rings is 1. The van der Waals surface area contributed by atoms with E-state index < -0.39 is 5.60 Å². The van der Waals surface area contributed by atoms with Gasteiger partial charge in [0.2, 0.25) is 5.95 Å². The van der Waals surface area contributed by atoms with E-state index in [1.54, 1.807) is 13.8 Å². The average Bonchev–Trinajstić information content (AvgIpc) is 2.80. The van der Waals surface area contributed by atoms with Crippen molar-refractivity contribution in [3.05, 3.63) is 17.7 Å². The maximum absolute atomic E-state index is 10.2. The number of hydrogen-bond donors (Lipinski definition) is 2. The van der Waals surface area contributed by atoms with Crippen molar-refractivity contribution in [1.29, 1.82) is 0 Å². The number of aryl methyl sites for hydroxylation is 1. The highest BCUT2D eigenvalue weighted by Gasteiger charge is 2.22. The van der Waals surface area contributed by atoms with E-state index in [0.717, 1.165) is 37.2 Å². The molecule has 0 spiro atoms. The fourth-order valence-corrected chi connectivity index (χ4v) is 3.66. The maximum atomic E-state index is 10.2. The molecule has 1 aliphatic rings. The summed E-state index contributed by atoms with van der Waals surface area (Å²) >= 11 is 0. The molecule has 1 aromatic heterocycles. The number of nitrogen functional groups attached to an aromatic ring is 1. The van der Waals surface area contributed by atoms with Gasteiger partial charge in [-0.05, 0) is 52.3 Å². The average molecular weight is 345 g/mol. The van der Waals surface area contributed by atoms with Crippen LogP contribution in [0.1, 0.15) is 33.3 Å². The van der Waals surface area contributed by atoms with Crippen molar-refractivity contribution >= 4 is 22.7 Å². The summed E-state index contributed by atoms with van der Waals surface area (Å²) in [6, 6.07) is 4.89. The molecule has 2 heterocycles. The van der Waals surface area contributed by atoms with Crippen molar-refractivity contribution < 1.29 is 5.11 Å². The van der Waals surface area contributed by atoms with Crippen molar-refractivity contribution in [2.45, 2.75) is 52.8 Å². The summed E-state index contributed by atoms with van der Waals surface area (Å²) in [4.78, 5) is 9.49. The number of rotatable bonds is 4. The van der Waals surface area contributed by atoms with Crippen LogP contribution >= 0.6 is 0 Å². The van der Waals surface area contributed by atoms with Gasteiger partial charge in [-0.3, -0.25) is 4.90 Å². The van der Waals surface area contributed by atoms with Gasteiger partial charge >= 0.3 is 0 Å². The molecule has 2 aromatic rings. The van der Waals surface area contributed by atoms with Crippen molar-refractivity contribution in [3.8, 4) is 0 Å². The Bertz CT molecular complexity index is 751. The van der Waals surface area contributed by atoms with E-state index in [1.807, 2.05) is 4.57 Å². The molecule has 6 heteroatoms. The minimum Gasteiger partial charge on any atom is -0.389 e. The van der Waals surface area contributed by atoms with Crippen LogP contribution < -0.4 is 10.6 Å². The predicted molar refractivity (Wildman–Crippen MR) is 104 cm³/mol. The largest absolute Gasteiger partial charge is 0.389 e. The number of nitrogens with two attached hydrogens (primary N) is 1. The first-order chi connectivity index (χ1) is 11.7. The Labute approximate surface area is 150 Å². The van der Waals surface area contributed by atoms with Crippen LogP contribution in [-0.2, 0) is 6.54 Å². The van der Waals surface area contributed by atoms with Crippen molar-refractivity contribution in [3.63, 3.8) is 0 Å². The van der Waals surface area contributed by atoms with Crippen LogP contribution in [0.4, 0.5) is 11.6 Å². The van der Waals surface area contributed by atoms with Gasteiger partial charge in [-0.1, -0.05) is 0 Å². The molecule has 0 aliphatic carbocycles. The smallest absolute Gasteiger partial charge is 0.201 e. The lowest BCUT2D eigenvalue weighted by molar-refractivity contribution is 0.0633. The third-order valence-electron chi connectivity index (χ3n) is 5.03. The monoisotopic (exact) mass is 345 g/mol. The Morgan fingerprint density at radius 3 is 2.40 bits per heavy atom. The summed E-state index contributed by atoms with van der Waals surface area (Å²) in [7, 11) is 0. The van der Waals surface area contributed by atoms with E-state index in [-0.39, 0.29) is 0 Å². The molecule has 1 fully saturated rings. The van der Waals surface area contributed by atoms with Crippen LogP contribution in [0.5, 0.6) is 0 Å². The molecule has 0 saturated carbocycles. The van der Waals surface area contributed by atoms with Gasteiger partial charge in [0.15, 0.2) is 0 Å². The summed E-state index contributed by atoms with van der Waals surface area (Å²) in [5, 5.41) is 10.2. The second-order valence-electron chi connectivity index (χ2n) is 8.11. The minimum atomic E-state index is -0.832. The Kier molecular flexibility index (Phi) is 4.68. The zero-order valence-electron chi connectivity index (χ0n) is 16.1. The first-order valence-corrected chi connectivity index (χ1v) is 9.13. The highest BCUT2D eigenvalue weighted by molar-refractivity contribution is 5.84. The van der Waals surface area contributed by atoms with Gasteiger partial charge in [0.1, 0.15) is 0 Å². The normalized spacial score (nSPS) is 17.0. The number of imidazole rings is 1. The number of hydrogen-bond acceptors (Lipinski definition) is 5. The molecule has 0 amide bonds. The van der Waals surface area contributed by atoms with Gasteiger partial charge in [0.25, 0.3) is 0 Å². The molecule has 1 aromatic carbocycles. The molecule has 1 aliphatic heterocycles. The SMILES string of the molecule is Cc1cc2c(cc1N1CCN(C(C)C)CC1)nc(N)n2CC(C)(C)O. The summed E-state index contributed by atoms with van der Waals surface area (Å²) in [5.41, 5.74) is 9.63. The number of aliphatic hydroxyl groups is 1. The molecule has 3 N–H and O–H groups in total. The zero-order valence-corrected chi connectivity index (χ0v) is 16.1. The van der Waals surface area contributed by atoms with Crippen LogP contribution in [0.25, 0.3) is 11.0 Å². The van der Waals surface area contributed by atoms with Crippen LogP contribution in [0.15, 0.2) is 12.1 Å². The number of piperazine rings is 1. The Morgan fingerprint density at radius 1 is 1.20 bits per heavy atom. The number of nitrogens with zero attached hydrogens (tertiary/aromatic N) is 4. The first-order valence-electron chi connectivity index (χ1n) is 9.13. The molecule has 0 atom stereocenters. The summed E-state index contributed by atoms with van der Waals surface area (Å²) in [6.07, 6.45) is 0. The van der Waals surface area contributed by atoms with Gasteiger partial charge in [0, 0.05) is 37.9 Å². The Hall–Kier alpha value is -1.79. The van der Waals surface area contributed by atoms with E-state index in [2.05, 4.69) is 47.7 Å². The van der Waals surface area contributed by atoms with Crippen LogP contribution in [0.3, 0.4) is 0 Å². The zero-order chi connectivity index (χ0) is 18.4. The molecule has 0 unspecified atom stereocenters. The molecule has 0 radical (unpaired) electrons. The predicted octanol–water partition coefficient (Wildman–Crippen LogP) is 2.23. The van der Waals surface area contributed by atoms with E-state index in [9.17, 15) is 5.11 Å². The van der Waals surface area contributed by atoms with Gasteiger partial charge in [-0.25, -0.2) is 4.98 Å². The molecule has 0 bridgehead atoms. The molecule has 25 heavy (non-hydrogen) atoms. The molecule has 1 saturated heterocycles. The number of anilines is 2. The quantitative estimate of drug-likeness (QED) is 0.889. The second kappa shape index (κ2) is 6.50. The first kappa shape index (κ1) is 18.0. The van der Waals surface area contributed by atoms with Gasteiger partial charge in [0.05, 0.1) is 23.2 Å². The van der Waals surface area contributed by atoms with E-state index in [4.69, 9.17) is 5.73 Å². The fourth-order valence-electron chi connectivity index (χ4n) is 3.66. The van der Waals surface area contributed by atoms with E-state index >= 15 is 0 Å². The third-order valence-corrected chi connectivity index (χ3v) is 5.03. The highest BCUT2D eigenvalue weighted by Crippen LogP contribution is 2.29. The van der Waals surface area contributed by atoms with Gasteiger partial charge in [-0.2, -0.15) is 0 Å². The van der Waals surface area contributed by atoms with Crippen LogP contribution in [0.2, 0.25) is 0 Å². The molecular formula is C19H31N5O. The van der Waals surface area contributed by atoms with Crippen LogP contribution in [-0.4, -0.2) is 57.4 Å². The number of aromatic nitrogens is 2. The lowest BCUT2D eigenvalue weighted by Crippen LogP contribution is -2.49. The summed E-state index contributed by atoms with van der Waals surface area (Å²) in [6.45, 7) is 14.9. The van der Waals surface area contributed by atoms with E-state index in [1.165, 1.54) is 11.3 Å². The van der Waals surface area contributed by atoms with Crippen molar-refractivity contribution in [1.82, 2.24) is 14.5 Å². The summed E-state index contributed by atoms with van der Waals surface area (Å²) < 4.78 is 1.91. The maximum Gasteiger partial charge on any atom is 0.201 e. The third kappa shape index (κ3) is 3.75. The van der Waals surface area contributed by atoms with Crippen molar-refractivity contribution in [2.24, 2.45) is 0 Å².